The summed E-state index contributed by atoms with van der Waals surface area (Å²) in [4.78, 5) is 29.5. The summed E-state index contributed by atoms with van der Waals surface area (Å²) in [6.07, 6.45) is 0.630. The molecule has 2 saturated heterocycles. The number of nitrogens with one attached hydrogen (secondary N) is 1. The molecule has 2 fully saturated rings. The number of amides is 2. The molecule has 0 radical (unpaired) electrons. The number of hydrogen-bond acceptors (Lipinski definition) is 5. The van der Waals surface area contributed by atoms with E-state index in [0.717, 1.165) is 11.3 Å². The number of rotatable bonds is 1. The van der Waals surface area contributed by atoms with Gasteiger partial charge in [0.25, 0.3) is 0 Å². The minimum Gasteiger partial charge on any atom is -0.454 e. The number of piperazine rings is 1. The summed E-state index contributed by atoms with van der Waals surface area (Å²) in [7, 11) is 1.71. The number of hydrogen-bond donors (Lipinski definition) is 1. The van der Waals surface area contributed by atoms with Gasteiger partial charge in [0.1, 0.15) is 6.04 Å². The largest absolute Gasteiger partial charge is 0.454 e. The van der Waals surface area contributed by atoms with Crippen LogP contribution in [0.3, 0.4) is 0 Å². The van der Waals surface area contributed by atoms with Crippen molar-refractivity contribution in [2.24, 2.45) is 0 Å². The number of piperidine rings is 1. The predicted molar refractivity (Wildman–Crippen MR) is 105 cm³/mol. The highest BCUT2D eigenvalue weighted by Crippen LogP contribution is 2.51. The number of ether oxygens (including phenoxy) is 2. The fraction of sp³-hybridized carbons (Fsp3) is 0.364. The molecule has 4 heterocycles. The Morgan fingerprint density at radius 1 is 1.07 bits per heavy atom. The molecule has 0 aliphatic carbocycles. The van der Waals surface area contributed by atoms with E-state index in [2.05, 4.69) is 17.4 Å². The first kappa shape index (κ1) is 16.7. The molecule has 2 aromatic carbocycles. The van der Waals surface area contributed by atoms with Crippen molar-refractivity contribution in [2.75, 3.05) is 25.7 Å². The molecule has 148 valence electrons. The molecule has 7 nitrogen and oxygen atoms in total. The molecule has 2 amide bonds. The first-order valence-electron chi connectivity index (χ1n) is 9.93. The second-order valence-electron chi connectivity index (χ2n) is 8.17. The highest BCUT2D eigenvalue weighted by atomic mass is 16.7. The van der Waals surface area contributed by atoms with E-state index in [0.29, 0.717) is 17.9 Å². The fourth-order valence-electron chi connectivity index (χ4n) is 5.35. The van der Waals surface area contributed by atoms with Crippen LogP contribution in [-0.2, 0) is 9.59 Å². The Hall–Kier alpha value is -3.22. The van der Waals surface area contributed by atoms with Crippen molar-refractivity contribution in [3.63, 3.8) is 0 Å². The van der Waals surface area contributed by atoms with Gasteiger partial charge in [-0.25, -0.2) is 0 Å². The maximum absolute atomic E-state index is 13.1. The van der Waals surface area contributed by atoms with Crippen LogP contribution in [0.15, 0.2) is 42.5 Å². The van der Waals surface area contributed by atoms with Gasteiger partial charge < -0.3 is 24.6 Å². The maximum Gasteiger partial charge on any atom is 0.245 e. The molecule has 0 saturated carbocycles. The molecule has 7 heteroatoms. The second-order valence-corrected chi connectivity index (χ2v) is 8.17. The van der Waals surface area contributed by atoms with Crippen LogP contribution in [0.5, 0.6) is 11.5 Å². The van der Waals surface area contributed by atoms with Gasteiger partial charge in [-0.05, 0) is 35.7 Å². The molecule has 1 N–H and O–H groups in total. The van der Waals surface area contributed by atoms with Gasteiger partial charge in [0.2, 0.25) is 18.6 Å². The van der Waals surface area contributed by atoms with Crippen molar-refractivity contribution in [3.8, 4) is 11.5 Å². The Kier molecular flexibility index (Phi) is 3.39. The highest BCUT2D eigenvalue weighted by molar-refractivity contribution is 5.95. The third kappa shape index (κ3) is 2.30. The Labute approximate surface area is 168 Å². The summed E-state index contributed by atoms with van der Waals surface area (Å²) in [6, 6.07) is 13.4. The van der Waals surface area contributed by atoms with Crippen LogP contribution in [0.1, 0.15) is 29.5 Å². The average molecular weight is 391 g/mol. The Bertz CT molecular complexity index is 1040. The van der Waals surface area contributed by atoms with Gasteiger partial charge in [-0.15, -0.1) is 0 Å². The van der Waals surface area contributed by atoms with Crippen LogP contribution < -0.4 is 14.8 Å². The number of benzene rings is 2. The maximum atomic E-state index is 13.1. The summed E-state index contributed by atoms with van der Waals surface area (Å²) in [5.74, 6) is 1.55. The Balaban J connectivity index is 1.49. The third-order valence-corrected chi connectivity index (χ3v) is 6.63. The zero-order valence-corrected chi connectivity index (χ0v) is 16.0. The van der Waals surface area contributed by atoms with Crippen LogP contribution in [0, 0.1) is 0 Å². The van der Waals surface area contributed by atoms with Crippen molar-refractivity contribution in [1.29, 1.82) is 0 Å². The van der Waals surface area contributed by atoms with E-state index in [1.807, 2.05) is 30.3 Å². The van der Waals surface area contributed by atoms with Crippen LogP contribution in [0.25, 0.3) is 0 Å². The van der Waals surface area contributed by atoms with Gasteiger partial charge in [-0.1, -0.05) is 24.3 Å². The number of anilines is 1. The monoisotopic (exact) mass is 391 g/mol. The minimum atomic E-state index is -0.453. The summed E-state index contributed by atoms with van der Waals surface area (Å²) >= 11 is 0. The van der Waals surface area contributed by atoms with E-state index >= 15 is 0 Å². The quantitative estimate of drug-likeness (QED) is 0.806. The van der Waals surface area contributed by atoms with Gasteiger partial charge in [0, 0.05) is 18.7 Å². The highest BCUT2D eigenvalue weighted by Gasteiger charge is 2.54. The summed E-state index contributed by atoms with van der Waals surface area (Å²) in [6.45, 7) is 0.314. The molecular formula is C22H21N3O4. The normalized spacial score (nSPS) is 29.3. The van der Waals surface area contributed by atoms with Crippen LogP contribution in [0.4, 0.5) is 5.69 Å². The topological polar surface area (TPSA) is 71.1 Å². The van der Waals surface area contributed by atoms with Crippen LogP contribution >= 0.6 is 0 Å². The van der Waals surface area contributed by atoms with E-state index in [1.165, 1.54) is 5.56 Å². The molecule has 29 heavy (non-hydrogen) atoms. The van der Waals surface area contributed by atoms with Crippen molar-refractivity contribution >= 4 is 17.5 Å². The van der Waals surface area contributed by atoms with E-state index < -0.39 is 6.04 Å². The molecule has 0 bridgehead atoms. The van der Waals surface area contributed by atoms with Gasteiger partial charge in [0.05, 0.1) is 18.6 Å². The minimum absolute atomic E-state index is 0.00387. The number of para-hydroxylation sites is 1. The number of likely N-dealkylation sites (N-methyl/N-ethyl adjacent to an activating group) is 1. The summed E-state index contributed by atoms with van der Waals surface area (Å²) in [5.41, 5.74) is 3.26. The number of carbonyl (C=O) groups excluding carboxylic acids is 2. The lowest BCUT2D eigenvalue weighted by Gasteiger charge is -2.51. The number of nitrogens with zero attached hydrogens (tertiary/aromatic N) is 2. The first-order valence-corrected chi connectivity index (χ1v) is 9.93. The zero-order chi connectivity index (χ0) is 19.7. The molecule has 4 aliphatic heterocycles. The second kappa shape index (κ2) is 5.89. The van der Waals surface area contributed by atoms with E-state index in [1.54, 1.807) is 16.8 Å². The molecule has 4 unspecified atom stereocenters. The van der Waals surface area contributed by atoms with Gasteiger partial charge >= 0.3 is 0 Å². The van der Waals surface area contributed by atoms with Crippen LogP contribution in [0.2, 0.25) is 0 Å². The number of carbonyl (C=O) groups is 2. The molecule has 4 aliphatic rings. The summed E-state index contributed by atoms with van der Waals surface area (Å²) in [5, 5.41) is 3.64. The SMILES string of the molecule is CN1CC(=O)N2C(CC3c4ccccc4NC3C2c2ccc3c(c2)OCO3)C1=O. The molecule has 0 aromatic heterocycles. The van der Waals surface area contributed by atoms with E-state index in [-0.39, 0.29) is 43.2 Å². The Morgan fingerprint density at radius 3 is 2.79 bits per heavy atom. The predicted octanol–water partition coefficient (Wildman–Crippen LogP) is 2.11. The molecule has 2 aromatic rings. The smallest absolute Gasteiger partial charge is 0.245 e. The van der Waals surface area contributed by atoms with Gasteiger partial charge in [-0.3, -0.25) is 9.59 Å². The lowest BCUT2D eigenvalue weighted by Crippen LogP contribution is -2.64. The van der Waals surface area contributed by atoms with Crippen LogP contribution in [-0.4, -0.2) is 54.1 Å². The lowest BCUT2D eigenvalue weighted by atomic mass is 9.76. The van der Waals surface area contributed by atoms with E-state index in [4.69, 9.17) is 9.47 Å². The van der Waals surface area contributed by atoms with Crippen molar-refractivity contribution in [2.45, 2.75) is 30.5 Å². The standard InChI is InChI=1S/C22H21N3O4/c1-24-10-19(26)25-16(22(24)27)9-14-13-4-2-3-5-15(13)23-20(14)21(25)12-6-7-17-18(8-12)29-11-28-17/h2-8,14,16,20-21,23H,9-11H2,1H3. The Morgan fingerprint density at radius 2 is 1.90 bits per heavy atom. The molecule has 6 rings (SSSR count). The fourth-order valence-corrected chi connectivity index (χ4v) is 5.35. The third-order valence-electron chi connectivity index (χ3n) is 6.63. The average Bonchev–Trinajstić information content (AvgIpc) is 3.34. The molecule has 4 atom stereocenters. The first-order chi connectivity index (χ1) is 14.1. The van der Waals surface area contributed by atoms with Crippen molar-refractivity contribution in [3.05, 3.63) is 53.6 Å². The van der Waals surface area contributed by atoms with Crippen molar-refractivity contribution in [1.82, 2.24) is 9.80 Å². The van der Waals surface area contributed by atoms with Crippen molar-refractivity contribution < 1.29 is 19.1 Å². The zero-order valence-electron chi connectivity index (χ0n) is 16.0. The van der Waals surface area contributed by atoms with Gasteiger partial charge in [0.15, 0.2) is 11.5 Å². The number of fused-ring (bicyclic) bond motifs is 5. The molecular weight excluding hydrogens is 370 g/mol. The lowest BCUT2D eigenvalue weighted by molar-refractivity contribution is -0.161. The molecule has 0 spiro atoms. The van der Waals surface area contributed by atoms with Gasteiger partial charge in [-0.2, -0.15) is 0 Å². The van der Waals surface area contributed by atoms with E-state index in [9.17, 15) is 9.59 Å². The summed E-state index contributed by atoms with van der Waals surface area (Å²) < 4.78 is 11.0.